The second-order valence-electron chi connectivity index (χ2n) is 4.70. The van der Waals surface area contributed by atoms with Crippen LogP contribution in [0.2, 0.25) is 0 Å². The lowest BCUT2D eigenvalue weighted by Crippen LogP contribution is -2.11. The number of benzene rings is 1. The van der Waals surface area contributed by atoms with Gasteiger partial charge in [-0.2, -0.15) is 0 Å². The minimum atomic E-state index is -0.346. The zero-order chi connectivity index (χ0) is 13.4. The van der Waals surface area contributed by atoms with E-state index in [2.05, 4.69) is 6.92 Å². The molecule has 0 aliphatic carbocycles. The van der Waals surface area contributed by atoms with Gasteiger partial charge in [0, 0.05) is 11.6 Å². The molecule has 0 radical (unpaired) electrons. The number of hydrogen-bond acceptors (Lipinski definition) is 2. The van der Waals surface area contributed by atoms with Crippen molar-refractivity contribution >= 4 is 0 Å². The summed E-state index contributed by atoms with van der Waals surface area (Å²) < 4.78 is 19.3. The van der Waals surface area contributed by atoms with Crippen molar-refractivity contribution < 1.29 is 9.13 Å². The highest BCUT2D eigenvalue weighted by atomic mass is 19.1. The van der Waals surface area contributed by atoms with E-state index in [1.165, 1.54) is 25.3 Å². The molecule has 0 heterocycles. The second kappa shape index (κ2) is 8.09. The Hall–Kier alpha value is -1.09. The number of halogens is 1. The Morgan fingerprint density at radius 2 is 1.94 bits per heavy atom. The highest BCUT2D eigenvalue weighted by molar-refractivity contribution is 5.36. The molecule has 0 unspecified atom stereocenters. The van der Waals surface area contributed by atoms with Crippen LogP contribution in [0, 0.1) is 5.82 Å². The zero-order valence-electron chi connectivity index (χ0n) is 11.4. The smallest absolute Gasteiger partial charge is 0.131 e. The number of unbranched alkanes of at least 4 members (excludes halogenated alkanes) is 4. The third kappa shape index (κ3) is 4.65. The molecule has 1 aromatic carbocycles. The van der Waals surface area contributed by atoms with Crippen molar-refractivity contribution in [1.82, 2.24) is 0 Å². The molecule has 1 atom stereocenters. The quantitative estimate of drug-likeness (QED) is 0.705. The fourth-order valence-electron chi connectivity index (χ4n) is 1.97. The summed E-state index contributed by atoms with van der Waals surface area (Å²) in [4.78, 5) is 0. The van der Waals surface area contributed by atoms with Gasteiger partial charge in [0.2, 0.25) is 0 Å². The van der Waals surface area contributed by atoms with Crippen LogP contribution in [0.4, 0.5) is 4.39 Å². The molecule has 0 aliphatic rings. The summed E-state index contributed by atoms with van der Waals surface area (Å²) in [6, 6.07) is 4.52. The molecule has 1 rings (SSSR count). The van der Waals surface area contributed by atoms with E-state index in [0.29, 0.717) is 17.9 Å². The zero-order valence-corrected chi connectivity index (χ0v) is 11.4. The molecular weight excluding hydrogens is 229 g/mol. The summed E-state index contributed by atoms with van der Waals surface area (Å²) in [6.07, 6.45) is 5.92. The van der Waals surface area contributed by atoms with Crippen molar-refractivity contribution in [3.8, 4) is 5.75 Å². The van der Waals surface area contributed by atoms with Crippen LogP contribution < -0.4 is 10.5 Å². The fraction of sp³-hybridized carbons (Fsp3) is 0.600. The van der Waals surface area contributed by atoms with Gasteiger partial charge in [-0.3, -0.25) is 0 Å². The summed E-state index contributed by atoms with van der Waals surface area (Å²) in [5.41, 5.74) is 6.24. The SMILES string of the molecule is CCCCCCCOc1cccc(F)c1[C@@H](C)N. The average Bonchev–Trinajstić information content (AvgIpc) is 2.33. The summed E-state index contributed by atoms with van der Waals surface area (Å²) in [7, 11) is 0. The summed E-state index contributed by atoms with van der Waals surface area (Å²) >= 11 is 0. The van der Waals surface area contributed by atoms with Crippen LogP contribution >= 0.6 is 0 Å². The molecule has 0 bridgehead atoms. The molecule has 0 spiro atoms. The van der Waals surface area contributed by atoms with Gasteiger partial charge in [-0.1, -0.05) is 38.7 Å². The molecule has 0 saturated carbocycles. The van der Waals surface area contributed by atoms with Crippen LogP contribution in [0.15, 0.2) is 18.2 Å². The van der Waals surface area contributed by atoms with Crippen molar-refractivity contribution in [2.75, 3.05) is 6.61 Å². The van der Waals surface area contributed by atoms with Crippen molar-refractivity contribution in [3.05, 3.63) is 29.6 Å². The van der Waals surface area contributed by atoms with E-state index >= 15 is 0 Å². The van der Waals surface area contributed by atoms with E-state index in [-0.39, 0.29) is 11.9 Å². The summed E-state index contributed by atoms with van der Waals surface area (Å²) in [5.74, 6) is 0.300. The third-order valence-corrected chi connectivity index (χ3v) is 2.97. The molecule has 102 valence electrons. The number of ether oxygens (including phenoxy) is 1. The van der Waals surface area contributed by atoms with Gasteiger partial charge in [-0.05, 0) is 25.5 Å². The lowest BCUT2D eigenvalue weighted by molar-refractivity contribution is 0.298. The maximum Gasteiger partial charge on any atom is 0.131 e. The monoisotopic (exact) mass is 253 g/mol. The van der Waals surface area contributed by atoms with Crippen molar-refractivity contribution in [2.24, 2.45) is 5.73 Å². The first kappa shape index (κ1) is 15.0. The molecule has 0 amide bonds. The average molecular weight is 253 g/mol. The van der Waals surface area contributed by atoms with Crippen LogP contribution in [0.1, 0.15) is 57.6 Å². The maximum atomic E-state index is 13.6. The van der Waals surface area contributed by atoms with Crippen molar-refractivity contribution in [2.45, 2.75) is 52.0 Å². The molecule has 1 aromatic rings. The Morgan fingerprint density at radius 3 is 2.61 bits per heavy atom. The predicted molar refractivity (Wildman–Crippen MR) is 73.3 cm³/mol. The number of nitrogens with two attached hydrogens (primary N) is 1. The van der Waals surface area contributed by atoms with Crippen molar-refractivity contribution in [3.63, 3.8) is 0 Å². The van der Waals surface area contributed by atoms with Gasteiger partial charge in [-0.25, -0.2) is 4.39 Å². The molecule has 2 N–H and O–H groups in total. The number of rotatable bonds is 8. The van der Waals surface area contributed by atoms with Crippen molar-refractivity contribution in [1.29, 1.82) is 0 Å². The highest BCUT2D eigenvalue weighted by Gasteiger charge is 2.13. The Morgan fingerprint density at radius 1 is 1.22 bits per heavy atom. The number of hydrogen-bond donors (Lipinski definition) is 1. The second-order valence-corrected chi connectivity index (χ2v) is 4.70. The van der Waals surface area contributed by atoms with E-state index in [4.69, 9.17) is 10.5 Å². The normalized spacial score (nSPS) is 12.4. The van der Waals surface area contributed by atoms with Gasteiger partial charge in [0.1, 0.15) is 11.6 Å². The Kier molecular flexibility index (Phi) is 6.73. The Balaban J connectivity index is 2.44. The molecule has 18 heavy (non-hydrogen) atoms. The maximum absolute atomic E-state index is 13.6. The van der Waals surface area contributed by atoms with Gasteiger partial charge < -0.3 is 10.5 Å². The van der Waals surface area contributed by atoms with Gasteiger partial charge in [0.25, 0.3) is 0 Å². The minimum Gasteiger partial charge on any atom is -0.493 e. The lowest BCUT2D eigenvalue weighted by atomic mass is 10.1. The van der Waals surface area contributed by atoms with Gasteiger partial charge in [0.15, 0.2) is 0 Å². The van der Waals surface area contributed by atoms with Gasteiger partial charge >= 0.3 is 0 Å². The Labute approximate surface area is 109 Å². The van der Waals surface area contributed by atoms with E-state index in [1.807, 2.05) is 0 Å². The van der Waals surface area contributed by atoms with E-state index in [9.17, 15) is 4.39 Å². The van der Waals surface area contributed by atoms with Gasteiger partial charge in [-0.15, -0.1) is 0 Å². The first-order valence-electron chi connectivity index (χ1n) is 6.83. The largest absolute Gasteiger partial charge is 0.493 e. The standard InChI is InChI=1S/C15H24FNO/c1-3-4-5-6-7-11-18-14-10-8-9-13(16)15(14)12(2)17/h8-10,12H,3-7,11,17H2,1-2H3/t12-/m1/s1. The van der Waals surface area contributed by atoms with E-state index < -0.39 is 0 Å². The first-order valence-corrected chi connectivity index (χ1v) is 6.83. The van der Waals surface area contributed by atoms with Crippen LogP contribution in [0.3, 0.4) is 0 Å². The summed E-state index contributed by atoms with van der Waals surface area (Å²) in [6.45, 7) is 4.59. The van der Waals surface area contributed by atoms with Gasteiger partial charge in [0.05, 0.1) is 6.61 Å². The predicted octanol–water partition coefficient (Wildman–Crippen LogP) is 4.19. The van der Waals surface area contributed by atoms with E-state index in [1.54, 1.807) is 19.1 Å². The van der Waals surface area contributed by atoms with Crippen LogP contribution in [0.5, 0.6) is 5.75 Å². The topological polar surface area (TPSA) is 35.2 Å². The molecule has 2 nitrogen and oxygen atoms in total. The third-order valence-electron chi connectivity index (χ3n) is 2.97. The lowest BCUT2D eigenvalue weighted by Gasteiger charge is -2.14. The molecule has 0 saturated heterocycles. The molecule has 0 aliphatic heterocycles. The fourth-order valence-corrected chi connectivity index (χ4v) is 1.97. The molecule has 3 heteroatoms. The van der Waals surface area contributed by atoms with E-state index in [0.717, 1.165) is 12.8 Å². The van der Waals surface area contributed by atoms with Crippen LogP contribution in [0.25, 0.3) is 0 Å². The molecule has 0 fully saturated rings. The molecule has 0 aromatic heterocycles. The van der Waals surface area contributed by atoms with Crippen LogP contribution in [-0.4, -0.2) is 6.61 Å². The first-order chi connectivity index (χ1) is 8.66. The summed E-state index contributed by atoms with van der Waals surface area (Å²) in [5, 5.41) is 0. The Bertz CT molecular complexity index is 352. The minimum absolute atomic E-state index is 0.284. The van der Waals surface area contributed by atoms with Crippen LogP contribution in [-0.2, 0) is 0 Å². The molecular formula is C15H24FNO. The highest BCUT2D eigenvalue weighted by Crippen LogP contribution is 2.26.